The molecule has 1 fully saturated rings. The van der Waals surface area contributed by atoms with Crippen molar-refractivity contribution in [1.29, 1.82) is 0 Å². The molecule has 0 aromatic heterocycles. The van der Waals surface area contributed by atoms with Crippen molar-refractivity contribution in [2.24, 2.45) is 0 Å². The Morgan fingerprint density at radius 1 is 0.951 bits per heavy atom. The maximum atomic E-state index is 14.2. The van der Waals surface area contributed by atoms with Gasteiger partial charge in [0.25, 0.3) is 0 Å². The van der Waals surface area contributed by atoms with Gasteiger partial charge in [0.15, 0.2) is 0 Å². The fourth-order valence-electron chi connectivity index (χ4n) is 5.01. The summed E-state index contributed by atoms with van der Waals surface area (Å²) in [5, 5.41) is 3.58. The molecule has 0 heterocycles. The summed E-state index contributed by atoms with van der Waals surface area (Å²) in [4.78, 5) is 29.5. The number of amides is 2. The zero-order chi connectivity index (χ0) is 29.6. The van der Waals surface area contributed by atoms with Gasteiger partial charge in [0.2, 0.25) is 21.8 Å². The molecule has 1 atom stereocenters. The van der Waals surface area contributed by atoms with Crippen LogP contribution in [0.3, 0.4) is 0 Å². The Morgan fingerprint density at radius 3 is 2.27 bits per heavy atom. The smallest absolute Gasteiger partial charge is 0.244 e. The summed E-state index contributed by atoms with van der Waals surface area (Å²) in [7, 11) is -3.90. The molecule has 1 saturated carbocycles. The number of carbonyl (C=O) groups is 2. The van der Waals surface area contributed by atoms with Crippen LogP contribution in [0.5, 0.6) is 0 Å². The first kappa shape index (κ1) is 31.3. The van der Waals surface area contributed by atoms with Gasteiger partial charge in [0.1, 0.15) is 12.6 Å². The number of hydrogen-bond donors (Lipinski definition) is 1. The Morgan fingerprint density at radius 2 is 1.63 bits per heavy atom. The molecule has 2 amide bonds. The van der Waals surface area contributed by atoms with Crippen LogP contribution in [-0.4, -0.2) is 50.0 Å². The van der Waals surface area contributed by atoms with Gasteiger partial charge in [-0.3, -0.25) is 13.9 Å². The van der Waals surface area contributed by atoms with Crippen molar-refractivity contribution in [2.45, 2.75) is 50.7 Å². The molecule has 0 aliphatic heterocycles. The lowest BCUT2D eigenvalue weighted by atomic mass is 10.0. The molecule has 1 aliphatic carbocycles. The van der Waals surface area contributed by atoms with E-state index >= 15 is 0 Å². The third kappa shape index (κ3) is 8.70. The number of nitrogens with one attached hydrogen (secondary N) is 1. The summed E-state index contributed by atoms with van der Waals surface area (Å²) >= 11 is 15.7. The summed E-state index contributed by atoms with van der Waals surface area (Å²) in [5.41, 5.74) is 1.88. The van der Waals surface area contributed by atoms with Gasteiger partial charge >= 0.3 is 0 Å². The minimum atomic E-state index is -3.90. The van der Waals surface area contributed by atoms with Gasteiger partial charge in [0.05, 0.1) is 22.0 Å². The molecule has 41 heavy (non-hydrogen) atoms. The molecule has 0 unspecified atom stereocenters. The molecule has 1 aliphatic rings. The maximum Gasteiger partial charge on any atom is 0.244 e. The molecule has 218 valence electrons. The first-order valence-electron chi connectivity index (χ1n) is 13.3. The molecule has 3 aromatic rings. The molecule has 3 aromatic carbocycles. The summed E-state index contributed by atoms with van der Waals surface area (Å²) in [6, 6.07) is 20.5. The maximum absolute atomic E-state index is 14.2. The van der Waals surface area contributed by atoms with Crippen molar-refractivity contribution in [3.05, 3.63) is 98.4 Å². The largest absolute Gasteiger partial charge is 0.352 e. The van der Waals surface area contributed by atoms with Gasteiger partial charge < -0.3 is 10.2 Å². The molecular weight excluding hydrogens is 649 g/mol. The fraction of sp³-hybridized carbons (Fsp3) is 0.333. The van der Waals surface area contributed by atoms with E-state index in [2.05, 4.69) is 21.2 Å². The number of benzene rings is 3. The molecule has 4 rings (SSSR count). The van der Waals surface area contributed by atoms with Crippen LogP contribution in [0.2, 0.25) is 10.0 Å². The average molecular weight is 681 g/mol. The SMILES string of the molecule is CS(=O)(=O)N(CC(=O)N(Cc1cccc(Br)c1)[C@@H](Cc1ccccc1)C(=O)NC1CCCC1)c1ccc(Cl)c(Cl)c1. The van der Waals surface area contributed by atoms with E-state index in [4.69, 9.17) is 23.2 Å². The lowest BCUT2D eigenvalue weighted by Gasteiger charge is -2.34. The van der Waals surface area contributed by atoms with Gasteiger partial charge in [-0.1, -0.05) is 94.4 Å². The molecule has 0 bridgehead atoms. The number of hydrogen-bond acceptors (Lipinski definition) is 4. The molecule has 1 N–H and O–H groups in total. The summed E-state index contributed by atoms with van der Waals surface area (Å²) < 4.78 is 27.6. The highest BCUT2D eigenvalue weighted by atomic mass is 79.9. The second kappa shape index (κ2) is 14.1. The first-order valence-corrected chi connectivity index (χ1v) is 16.7. The summed E-state index contributed by atoms with van der Waals surface area (Å²) in [6.45, 7) is -0.417. The van der Waals surface area contributed by atoms with Crippen molar-refractivity contribution in [3.63, 3.8) is 0 Å². The predicted molar refractivity (Wildman–Crippen MR) is 168 cm³/mol. The Hall–Kier alpha value is -2.59. The zero-order valence-electron chi connectivity index (χ0n) is 22.6. The van der Waals surface area contributed by atoms with E-state index in [0.29, 0.717) is 0 Å². The Kier molecular flexibility index (Phi) is 10.7. The average Bonchev–Trinajstić information content (AvgIpc) is 3.44. The van der Waals surface area contributed by atoms with E-state index in [-0.39, 0.29) is 40.6 Å². The number of rotatable bonds is 11. The number of anilines is 1. The standard InChI is InChI=1S/C30H32BrCl2N3O4S/c1-41(39,40)36(25-14-15-26(32)27(33)18-25)20-29(37)35(19-22-10-7-11-23(31)16-22)28(17-21-8-3-2-4-9-21)30(38)34-24-12-5-6-13-24/h2-4,7-11,14-16,18,24,28H,5-6,12-13,17,19-20H2,1H3,(H,34,38)/t28-/m0/s1. The summed E-state index contributed by atoms with van der Waals surface area (Å²) in [6.07, 6.45) is 5.16. The van der Waals surface area contributed by atoms with Crippen LogP contribution in [0.25, 0.3) is 0 Å². The van der Waals surface area contributed by atoms with Crippen LogP contribution >= 0.6 is 39.1 Å². The number of halogens is 3. The fourth-order valence-corrected chi connectivity index (χ4v) is 6.59. The van der Waals surface area contributed by atoms with E-state index in [9.17, 15) is 18.0 Å². The van der Waals surface area contributed by atoms with Crippen molar-refractivity contribution < 1.29 is 18.0 Å². The van der Waals surface area contributed by atoms with Crippen LogP contribution in [0.1, 0.15) is 36.8 Å². The second-order valence-corrected chi connectivity index (χ2v) is 13.9. The molecule has 7 nitrogen and oxygen atoms in total. The highest BCUT2D eigenvalue weighted by molar-refractivity contribution is 9.10. The summed E-state index contributed by atoms with van der Waals surface area (Å²) in [5.74, 6) is -0.784. The molecule has 0 radical (unpaired) electrons. The Balaban J connectivity index is 1.73. The van der Waals surface area contributed by atoms with Crippen molar-refractivity contribution in [1.82, 2.24) is 10.2 Å². The lowest BCUT2D eigenvalue weighted by Crippen LogP contribution is -2.54. The highest BCUT2D eigenvalue weighted by Crippen LogP contribution is 2.29. The lowest BCUT2D eigenvalue weighted by molar-refractivity contribution is -0.140. The molecule has 11 heteroatoms. The van der Waals surface area contributed by atoms with Gasteiger partial charge in [-0.25, -0.2) is 8.42 Å². The number of sulfonamides is 1. The van der Waals surface area contributed by atoms with E-state index in [1.807, 2.05) is 54.6 Å². The topological polar surface area (TPSA) is 86.8 Å². The van der Waals surface area contributed by atoms with E-state index in [1.54, 1.807) is 0 Å². The van der Waals surface area contributed by atoms with Crippen molar-refractivity contribution in [3.8, 4) is 0 Å². The van der Waals surface area contributed by atoms with Gasteiger partial charge in [-0.15, -0.1) is 0 Å². The van der Waals surface area contributed by atoms with Crippen LogP contribution in [0.15, 0.2) is 77.3 Å². The minimum absolute atomic E-state index is 0.0484. The highest BCUT2D eigenvalue weighted by Gasteiger charge is 2.34. The Labute approximate surface area is 260 Å². The van der Waals surface area contributed by atoms with Crippen LogP contribution in [0.4, 0.5) is 5.69 Å². The second-order valence-electron chi connectivity index (χ2n) is 10.2. The molecule has 0 spiro atoms. The van der Waals surface area contributed by atoms with Gasteiger partial charge in [0, 0.05) is 23.5 Å². The van der Waals surface area contributed by atoms with Crippen LogP contribution < -0.4 is 9.62 Å². The van der Waals surface area contributed by atoms with Gasteiger partial charge in [-0.2, -0.15) is 0 Å². The van der Waals surface area contributed by atoms with E-state index < -0.39 is 28.5 Å². The quantitative estimate of drug-likeness (QED) is 0.261. The van der Waals surface area contributed by atoms with Crippen LogP contribution in [0, 0.1) is 0 Å². The Bertz CT molecular complexity index is 1480. The van der Waals surface area contributed by atoms with E-state index in [0.717, 1.165) is 51.8 Å². The van der Waals surface area contributed by atoms with E-state index in [1.165, 1.54) is 23.1 Å². The molecular formula is C30H32BrCl2N3O4S. The first-order chi connectivity index (χ1) is 19.5. The predicted octanol–water partition coefficient (Wildman–Crippen LogP) is 6.22. The zero-order valence-corrected chi connectivity index (χ0v) is 26.5. The third-order valence-electron chi connectivity index (χ3n) is 7.08. The molecule has 0 saturated heterocycles. The number of nitrogens with zero attached hydrogens (tertiary/aromatic N) is 2. The minimum Gasteiger partial charge on any atom is -0.352 e. The van der Waals surface area contributed by atoms with Crippen molar-refractivity contribution >= 4 is 66.7 Å². The third-order valence-corrected chi connectivity index (χ3v) is 9.46. The van der Waals surface area contributed by atoms with Crippen molar-refractivity contribution in [2.75, 3.05) is 17.1 Å². The number of carbonyl (C=O) groups excluding carboxylic acids is 2. The van der Waals surface area contributed by atoms with Gasteiger partial charge in [-0.05, 0) is 54.3 Å². The van der Waals surface area contributed by atoms with Crippen LogP contribution in [-0.2, 0) is 32.6 Å². The monoisotopic (exact) mass is 679 g/mol. The normalized spacial score (nSPS) is 14.4.